The number of benzene rings is 2. The minimum atomic E-state index is -0.0591. The Morgan fingerprint density at radius 2 is 1.93 bits per heavy atom. The molecule has 5 nitrogen and oxygen atoms in total. The van der Waals surface area contributed by atoms with Crippen LogP contribution in [0.5, 0.6) is 11.5 Å². The zero-order valence-electron chi connectivity index (χ0n) is 18.2. The van der Waals surface area contributed by atoms with E-state index in [2.05, 4.69) is 25.0 Å². The summed E-state index contributed by atoms with van der Waals surface area (Å²) in [5.41, 5.74) is 5.51. The number of aryl methyl sites for hydroxylation is 3. The van der Waals surface area contributed by atoms with Gasteiger partial charge in [-0.25, -0.2) is 0 Å². The molecular formula is C25H28N2O3. The van der Waals surface area contributed by atoms with Crippen molar-refractivity contribution in [3.8, 4) is 11.5 Å². The van der Waals surface area contributed by atoms with E-state index in [0.29, 0.717) is 12.2 Å². The van der Waals surface area contributed by atoms with Gasteiger partial charge in [0.25, 0.3) is 0 Å². The first-order valence-corrected chi connectivity index (χ1v) is 10.0. The number of methoxy groups -OCH3 is 1. The number of ketones is 1. The Bertz CT molecular complexity index is 1080. The Morgan fingerprint density at radius 3 is 2.63 bits per heavy atom. The fourth-order valence-corrected chi connectivity index (χ4v) is 3.23. The quantitative estimate of drug-likeness (QED) is 0.377. The third kappa shape index (κ3) is 4.79. The molecule has 0 fully saturated rings. The Morgan fingerprint density at radius 1 is 1.13 bits per heavy atom. The number of nitrogens with zero attached hydrogens (tertiary/aromatic N) is 2. The molecule has 0 amide bonds. The summed E-state index contributed by atoms with van der Waals surface area (Å²) in [6.45, 7) is 9.08. The summed E-state index contributed by atoms with van der Waals surface area (Å²) >= 11 is 0. The van der Waals surface area contributed by atoms with E-state index in [1.165, 1.54) is 5.56 Å². The van der Waals surface area contributed by atoms with E-state index in [9.17, 15) is 4.79 Å². The molecule has 3 rings (SSSR count). The molecule has 0 radical (unpaired) electrons. The molecule has 0 saturated heterocycles. The van der Waals surface area contributed by atoms with E-state index in [4.69, 9.17) is 9.47 Å². The Labute approximate surface area is 178 Å². The lowest BCUT2D eigenvalue weighted by Crippen LogP contribution is -2.01. The van der Waals surface area contributed by atoms with Gasteiger partial charge in [0.15, 0.2) is 5.78 Å². The lowest BCUT2D eigenvalue weighted by molar-refractivity contribution is 0.104. The predicted molar refractivity (Wildman–Crippen MR) is 119 cm³/mol. The molecule has 1 heterocycles. The van der Waals surface area contributed by atoms with Gasteiger partial charge in [-0.1, -0.05) is 24.3 Å². The molecule has 156 valence electrons. The van der Waals surface area contributed by atoms with Gasteiger partial charge in [-0.15, -0.1) is 0 Å². The van der Waals surface area contributed by atoms with Gasteiger partial charge in [0, 0.05) is 18.3 Å². The zero-order chi connectivity index (χ0) is 21.7. The van der Waals surface area contributed by atoms with Crippen molar-refractivity contribution in [2.75, 3.05) is 7.11 Å². The maximum absolute atomic E-state index is 12.6. The number of ether oxygens (including phenoxy) is 2. The summed E-state index contributed by atoms with van der Waals surface area (Å²) in [5.74, 6) is 1.55. The predicted octanol–water partition coefficient (Wildman–Crippen LogP) is 5.31. The molecule has 0 N–H and O–H groups in total. The first-order chi connectivity index (χ1) is 14.4. The van der Waals surface area contributed by atoms with Crippen LogP contribution in [0, 0.1) is 20.8 Å². The van der Waals surface area contributed by atoms with Gasteiger partial charge in [0.05, 0.1) is 18.4 Å². The van der Waals surface area contributed by atoms with Crippen molar-refractivity contribution in [1.29, 1.82) is 0 Å². The van der Waals surface area contributed by atoms with Crippen molar-refractivity contribution < 1.29 is 14.3 Å². The summed E-state index contributed by atoms with van der Waals surface area (Å²) in [7, 11) is 1.64. The highest BCUT2D eigenvalue weighted by Crippen LogP contribution is 2.26. The highest BCUT2D eigenvalue weighted by atomic mass is 16.5. The minimum Gasteiger partial charge on any atom is -0.496 e. The first kappa shape index (κ1) is 21.4. The van der Waals surface area contributed by atoms with Crippen LogP contribution in [0.25, 0.3) is 6.08 Å². The summed E-state index contributed by atoms with van der Waals surface area (Å²) in [6.07, 6.45) is 5.19. The molecule has 0 atom stereocenters. The molecular weight excluding hydrogens is 376 g/mol. The van der Waals surface area contributed by atoms with Crippen molar-refractivity contribution in [2.45, 2.75) is 40.8 Å². The second-order valence-electron chi connectivity index (χ2n) is 7.24. The van der Waals surface area contributed by atoms with Crippen LogP contribution in [-0.4, -0.2) is 22.7 Å². The molecule has 0 unspecified atom stereocenters. The molecule has 3 aromatic rings. The smallest absolute Gasteiger partial charge is 0.189 e. The average molecular weight is 405 g/mol. The summed E-state index contributed by atoms with van der Waals surface area (Å²) in [6, 6.07) is 11.8. The topological polar surface area (TPSA) is 53.4 Å². The van der Waals surface area contributed by atoms with E-state index in [0.717, 1.165) is 40.4 Å². The van der Waals surface area contributed by atoms with Crippen molar-refractivity contribution >= 4 is 11.9 Å². The largest absolute Gasteiger partial charge is 0.496 e. The highest BCUT2D eigenvalue weighted by molar-refractivity contribution is 6.07. The number of hydrogen-bond acceptors (Lipinski definition) is 4. The normalized spacial score (nSPS) is 11.1. The molecule has 0 aliphatic rings. The Balaban J connectivity index is 1.78. The molecule has 30 heavy (non-hydrogen) atoms. The van der Waals surface area contributed by atoms with Crippen LogP contribution in [0.1, 0.15) is 45.2 Å². The number of rotatable bonds is 8. The van der Waals surface area contributed by atoms with Crippen molar-refractivity contribution in [3.05, 3.63) is 82.2 Å². The minimum absolute atomic E-state index is 0.0591. The molecule has 0 saturated carbocycles. The fraction of sp³-hybridized carbons (Fsp3) is 0.280. The lowest BCUT2D eigenvalue weighted by Gasteiger charge is -2.13. The molecule has 5 heteroatoms. The molecule has 0 aliphatic carbocycles. The maximum atomic E-state index is 12.6. The number of hydrogen-bond donors (Lipinski definition) is 0. The van der Waals surface area contributed by atoms with Gasteiger partial charge in [-0.2, -0.15) is 5.10 Å². The van der Waals surface area contributed by atoms with E-state index in [1.54, 1.807) is 24.1 Å². The van der Waals surface area contributed by atoms with E-state index in [1.807, 2.05) is 50.3 Å². The van der Waals surface area contributed by atoms with Gasteiger partial charge < -0.3 is 9.47 Å². The van der Waals surface area contributed by atoms with E-state index >= 15 is 0 Å². The van der Waals surface area contributed by atoms with Gasteiger partial charge in [0.1, 0.15) is 18.1 Å². The summed E-state index contributed by atoms with van der Waals surface area (Å²) in [5, 5.41) is 4.34. The van der Waals surface area contributed by atoms with Gasteiger partial charge >= 0.3 is 0 Å². The monoisotopic (exact) mass is 404 g/mol. The van der Waals surface area contributed by atoms with Crippen LogP contribution < -0.4 is 9.47 Å². The Kier molecular flexibility index (Phi) is 6.72. The zero-order valence-corrected chi connectivity index (χ0v) is 18.2. The number of allylic oxidation sites excluding steroid dienone is 1. The molecule has 0 bridgehead atoms. The second-order valence-corrected chi connectivity index (χ2v) is 7.24. The van der Waals surface area contributed by atoms with E-state index in [-0.39, 0.29) is 5.78 Å². The van der Waals surface area contributed by atoms with Crippen LogP contribution in [0.2, 0.25) is 0 Å². The maximum Gasteiger partial charge on any atom is 0.189 e. The average Bonchev–Trinajstić information content (AvgIpc) is 3.14. The molecule has 1 aromatic heterocycles. The Hall–Kier alpha value is -3.34. The highest BCUT2D eigenvalue weighted by Gasteiger charge is 2.11. The SMILES string of the molecule is CCn1cc(C(=O)/C=C/c2ccc(OC)c(COc3cccc(C)c3C)c2)c(C)n1. The van der Waals surface area contributed by atoms with Gasteiger partial charge in [0.2, 0.25) is 0 Å². The molecule has 0 spiro atoms. The first-order valence-electron chi connectivity index (χ1n) is 10.0. The molecule has 0 aliphatic heterocycles. The van der Waals surface area contributed by atoms with Crippen LogP contribution >= 0.6 is 0 Å². The number of aromatic nitrogens is 2. The van der Waals surface area contributed by atoms with Gasteiger partial charge in [-0.05, 0) is 68.7 Å². The third-order valence-corrected chi connectivity index (χ3v) is 5.21. The third-order valence-electron chi connectivity index (χ3n) is 5.21. The standard InChI is InChI=1S/C25H28N2O3/c1-6-27-15-22(19(4)26-27)23(28)12-10-20-11-13-25(29-5)21(14-20)16-30-24-9-7-8-17(2)18(24)3/h7-15H,6,16H2,1-5H3/b12-10+. The van der Waals surface area contributed by atoms with Crippen LogP contribution in [0.4, 0.5) is 0 Å². The number of carbonyl (C=O) groups is 1. The fourth-order valence-electron chi connectivity index (χ4n) is 3.23. The number of carbonyl (C=O) groups excluding carboxylic acids is 1. The van der Waals surface area contributed by atoms with Crippen LogP contribution in [0.3, 0.4) is 0 Å². The lowest BCUT2D eigenvalue weighted by atomic mass is 10.1. The van der Waals surface area contributed by atoms with Crippen LogP contribution in [-0.2, 0) is 13.2 Å². The van der Waals surface area contributed by atoms with Crippen molar-refractivity contribution in [2.24, 2.45) is 0 Å². The summed E-state index contributed by atoms with van der Waals surface area (Å²) < 4.78 is 13.3. The van der Waals surface area contributed by atoms with E-state index < -0.39 is 0 Å². The van der Waals surface area contributed by atoms with Crippen molar-refractivity contribution in [1.82, 2.24) is 9.78 Å². The van der Waals surface area contributed by atoms with Gasteiger partial charge in [-0.3, -0.25) is 9.48 Å². The summed E-state index contributed by atoms with van der Waals surface area (Å²) in [4.78, 5) is 12.6. The molecule has 2 aromatic carbocycles. The van der Waals surface area contributed by atoms with Crippen LogP contribution in [0.15, 0.2) is 48.7 Å². The second kappa shape index (κ2) is 9.44. The van der Waals surface area contributed by atoms with Crippen molar-refractivity contribution in [3.63, 3.8) is 0 Å².